The van der Waals surface area contributed by atoms with E-state index in [9.17, 15) is 9.59 Å². The first kappa shape index (κ1) is 18.9. The van der Waals surface area contributed by atoms with Gasteiger partial charge in [0.1, 0.15) is 5.76 Å². The maximum Gasteiger partial charge on any atom is 0.337 e. The van der Waals surface area contributed by atoms with Crippen LogP contribution >= 0.6 is 11.3 Å². The molecule has 0 bridgehead atoms. The van der Waals surface area contributed by atoms with Gasteiger partial charge in [0.05, 0.1) is 32.0 Å². The van der Waals surface area contributed by atoms with Crippen LogP contribution in [0.4, 0.5) is 5.69 Å². The molecule has 0 aliphatic heterocycles. The quantitative estimate of drug-likeness (QED) is 0.599. The van der Waals surface area contributed by atoms with Crippen molar-refractivity contribution in [1.82, 2.24) is 4.90 Å². The molecule has 7 heteroatoms. The molecule has 1 aromatic carbocycles. The molecule has 0 saturated carbocycles. The molecule has 0 aliphatic rings. The van der Waals surface area contributed by atoms with Crippen LogP contribution in [0, 0.1) is 0 Å². The van der Waals surface area contributed by atoms with Crippen LogP contribution in [0.3, 0.4) is 0 Å². The molecule has 3 aromatic rings. The fraction of sp³-hybridized carbons (Fsp3) is 0.200. The first-order chi connectivity index (χ1) is 13.1. The molecule has 3 rings (SSSR count). The van der Waals surface area contributed by atoms with E-state index in [0.717, 1.165) is 5.76 Å². The fourth-order valence-corrected chi connectivity index (χ4v) is 3.37. The topological polar surface area (TPSA) is 71.8 Å². The lowest BCUT2D eigenvalue weighted by Crippen LogP contribution is -2.32. The first-order valence-corrected chi connectivity index (χ1v) is 9.27. The molecule has 140 valence electrons. The van der Waals surface area contributed by atoms with Crippen molar-refractivity contribution in [2.75, 3.05) is 19.0 Å². The molecule has 2 heterocycles. The lowest BCUT2D eigenvalue weighted by Gasteiger charge is -2.20. The molecule has 1 amide bonds. The number of furan rings is 1. The van der Waals surface area contributed by atoms with Gasteiger partial charge in [0, 0.05) is 17.1 Å². The number of methoxy groups -OCH3 is 1. The molecule has 0 radical (unpaired) electrons. The summed E-state index contributed by atoms with van der Waals surface area (Å²) >= 11 is 1.65. The summed E-state index contributed by atoms with van der Waals surface area (Å²) in [6, 6.07) is 14.4. The SMILES string of the molecule is COC(=O)c1ccc(NC(=O)CN(Cc2ccco2)Cc2cccs2)cc1. The minimum Gasteiger partial charge on any atom is -0.468 e. The average Bonchev–Trinajstić information content (AvgIpc) is 3.36. The van der Waals surface area contributed by atoms with Crippen LogP contribution in [-0.2, 0) is 22.6 Å². The van der Waals surface area contributed by atoms with Crippen LogP contribution in [0.2, 0.25) is 0 Å². The molecule has 0 atom stereocenters. The summed E-state index contributed by atoms with van der Waals surface area (Å²) in [7, 11) is 1.33. The Kier molecular flexibility index (Phi) is 6.40. The Morgan fingerprint density at radius 3 is 2.56 bits per heavy atom. The molecule has 0 aliphatic carbocycles. The van der Waals surface area contributed by atoms with Gasteiger partial charge >= 0.3 is 5.97 Å². The number of hydrogen-bond donors (Lipinski definition) is 1. The van der Waals surface area contributed by atoms with Crippen LogP contribution < -0.4 is 5.32 Å². The average molecular weight is 384 g/mol. The van der Waals surface area contributed by atoms with E-state index in [0.29, 0.717) is 24.3 Å². The van der Waals surface area contributed by atoms with E-state index in [4.69, 9.17) is 4.42 Å². The van der Waals surface area contributed by atoms with Crippen molar-refractivity contribution in [2.24, 2.45) is 0 Å². The van der Waals surface area contributed by atoms with Crippen molar-refractivity contribution in [3.05, 3.63) is 76.4 Å². The number of hydrogen-bond acceptors (Lipinski definition) is 6. The zero-order valence-electron chi connectivity index (χ0n) is 14.9. The first-order valence-electron chi connectivity index (χ1n) is 8.39. The van der Waals surface area contributed by atoms with E-state index < -0.39 is 5.97 Å². The third-order valence-electron chi connectivity index (χ3n) is 3.88. The Balaban J connectivity index is 1.62. The molecule has 0 saturated heterocycles. The minimum absolute atomic E-state index is 0.135. The van der Waals surface area contributed by atoms with Gasteiger partial charge in [0.25, 0.3) is 0 Å². The molecule has 0 fully saturated rings. The lowest BCUT2D eigenvalue weighted by molar-refractivity contribution is -0.117. The Morgan fingerprint density at radius 1 is 1.11 bits per heavy atom. The molecule has 0 unspecified atom stereocenters. The maximum absolute atomic E-state index is 12.5. The summed E-state index contributed by atoms with van der Waals surface area (Å²) in [6.07, 6.45) is 1.63. The van der Waals surface area contributed by atoms with Crippen LogP contribution in [0.1, 0.15) is 21.0 Å². The highest BCUT2D eigenvalue weighted by atomic mass is 32.1. The van der Waals surface area contributed by atoms with Gasteiger partial charge in [0.2, 0.25) is 5.91 Å². The maximum atomic E-state index is 12.5. The van der Waals surface area contributed by atoms with Crippen LogP contribution in [0.15, 0.2) is 64.6 Å². The molecule has 1 N–H and O–H groups in total. The summed E-state index contributed by atoms with van der Waals surface area (Å²) in [5, 5.41) is 4.87. The number of esters is 1. The number of carbonyl (C=O) groups is 2. The van der Waals surface area contributed by atoms with E-state index in [1.165, 1.54) is 12.0 Å². The summed E-state index contributed by atoms with van der Waals surface area (Å²) < 4.78 is 10.1. The van der Waals surface area contributed by atoms with Crippen molar-refractivity contribution in [3.8, 4) is 0 Å². The number of rotatable bonds is 8. The van der Waals surface area contributed by atoms with E-state index in [-0.39, 0.29) is 12.5 Å². The Morgan fingerprint density at radius 2 is 1.93 bits per heavy atom. The van der Waals surface area contributed by atoms with Crippen molar-refractivity contribution in [2.45, 2.75) is 13.1 Å². The van der Waals surface area contributed by atoms with E-state index in [1.54, 1.807) is 41.9 Å². The van der Waals surface area contributed by atoms with Crippen molar-refractivity contribution in [1.29, 1.82) is 0 Å². The Hall–Kier alpha value is -2.90. The van der Waals surface area contributed by atoms with E-state index in [2.05, 4.69) is 10.1 Å². The van der Waals surface area contributed by atoms with Crippen molar-refractivity contribution >= 4 is 28.9 Å². The third-order valence-corrected chi connectivity index (χ3v) is 4.74. The Labute approximate surface area is 161 Å². The number of nitrogens with one attached hydrogen (secondary N) is 1. The third kappa shape index (κ3) is 5.54. The number of ether oxygens (including phenoxy) is 1. The Bertz CT molecular complexity index is 822. The number of nitrogens with zero attached hydrogens (tertiary/aromatic N) is 1. The van der Waals surface area contributed by atoms with Gasteiger partial charge in [-0.3, -0.25) is 9.69 Å². The number of amides is 1. The highest BCUT2D eigenvalue weighted by Crippen LogP contribution is 2.15. The van der Waals surface area contributed by atoms with E-state index in [1.807, 2.05) is 34.5 Å². The van der Waals surface area contributed by atoms with Crippen molar-refractivity contribution in [3.63, 3.8) is 0 Å². The fourth-order valence-electron chi connectivity index (χ4n) is 2.62. The summed E-state index contributed by atoms with van der Waals surface area (Å²) in [5.41, 5.74) is 1.06. The summed E-state index contributed by atoms with van der Waals surface area (Å²) in [6.45, 7) is 1.42. The summed E-state index contributed by atoms with van der Waals surface area (Å²) in [4.78, 5) is 27.1. The highest BCUT2D eigenvalue weighted by molar-refractivity contribution is 7.09. The van der Waals surface area contributed by atoms with Crippen molar-refractivity contribution < 1.29 is 18.7 Å². The zero-order chi connectivity index (χ0) is 19.1. The van der Waals surface area contributed by atoms with Crippen LogP contribution in [0.5, 0.6) is 0 Å². The smallest absolute Gasteiger partial charge is 0.337 e. The molecule has 27 heavy (non-hydrogen) atoms. The number of carbonyl (C=O) groups excluding carboxylic acids is 2. The normalized spacial score (nSPS) is 10.7. The van der Waals surface area contributed by atoms with Crippen LogP contribution in [-0.4, -0.2) is 30.4 Å². The predicted octanol–water partition coefficient (Wildman–Crippen LogP) is 3.77. The van der Waals surface area contributed by atoms with Crippen LogP contribution in [0.25, 0.3) is 0 Å². The minimum atomic E-state index is -0.409. The second-order valence-electron chi connectivity index (χ2n) is 5.92. The number of thiophene rings is 1. The standard InChI is InChI=1S/C20H20N2O4S/c1-25-20(24)15-6-8-16(9-7-15)21-19(23)14-22(12-17-4-2-10-26-17)13-18-5-3-11-27-18/h2-11H,12-14H2,1H3,(H,21,23). The number of benzene rings is 1. The molecule has 6 nitrogen and oxygen atoms in total. The predicted molar refractivity (Wildman–Crippen MR) is 104 cm³/mol. The number of anilines is 1. The molecule has 0 spiro atoms. The van der Waals surface area contributed by atoms with E-state index >= 15 is 0 Å². The van der Waals surface area contributed by atoms with Gasteiger partial charge < -0.3 is 14.5 Å². The lowest BCUT2D eigenvalue weighted by atomic mass is 10.2. The van der Waals surface area contributed by atoms with Gasteiger partial charge in [-0.1, -0.05) is 6.07 Å². The van der Waals surface area contributed by atoms with Gasteiger partial charge in [-0.2, -0.15) is 0 Å². The molecular formula is C20H20N2O4S. The van der Waals surface area contributed by atoms with Gasteiger partial charge in [0.15, 0.2) is 0 Å². The zero-order valence-corrected chi connectivity index (χ0v) is 15.7. The summed E-state index contributed by atoms with van der Waals surface area (Å²) in [5.74, 6) is 0.263. The monoisotopic (exact) mass is 384 g/mol. The van der Waals surface area contributed by atoms with Gasteiger partial charge in [-0.25, -0.2) is 4.79 Å². The second-order valence-corrected chi connectivity index (χ2v) is 6.95. The molecule has 2 aromatic heterocycles. The highest BCUT2D eigenvalue weighted by Gasteiger charge is 2.14. The van der Waals surface area contributed by atoms with Gasteiger partial charge in [-0.15, -0.1) is 11.3 Å². The molecular weight excluding hydrogens is 364 g/mol. The second kappa shape index (κ2) is 9.16. The van der Waals surface area contributed by atoms with Gasteiger partial charge in [-0.05, 0) is 47.8 Å². The largest absolute Gasteiger partial charge is 0.468 e.